The van der Waals surface area contributed by atoms with Crippen LogP contribution in [0.25, 0.3) is 10.9 Å². The number of thiophene rings is 1. The molecule has 3 rings (SSSR count). The molecule has 0 spiro atoms. The van der Waals surface area contributed by atoms with Crippen LogP contribution >= 0.6 is 11.3 Å². The van der Waals surface area contributed by atoms with Crippen molar-refractivity contribution in [2.75, 3.05) is 6.54 Å². The normalized spacial score (nSPS) is 11.3. The van der Waals surface area contributed by atoms with E-state index in [2.05, 4.69) is 28.3 Å². The molecule has 0 fully saturated rings. The maximum Gasteiger partial charge on any atom is 0.123 e. The molecule has 0 aliphatic heterocycles. The largest absolute Gasteiger partial charge is 0.346 e. The molecular weight excluding hydrogens is 271 g/mol. The van der Waals surface area contributed by atoms with Gasteiger partial charge < -0.3 is 9.88 Å². The summed E-state index contributed by atoms with van der Waals surface area (Å²) < 4.78 is 15.3. The van der Waals surface area contributed by atoms with E-state index in [0.717, 1.165) is 30.5 Å². The molecule has 4 heteroatoms. The molecule has 0 unspecified atom stereocenters. The zero-order valence-corrected chi connectivity index (χ0v) is 12.2. The average molecular weight is 288 g/mol. The van der Waals surface area contributed by atoms with Crippen molar-refractivity contribution in [3.63, 3.8) is 0 Å². The highest BCUT2D eigenvalue weighted by Crippen LogP contribution is 2.17. The highest BCUT2D eigenvalue weighted by atomic mass is 32.1. The summed E-state index contributed by atoms with van der Waals surface area (Å²) in [5, 5.41) is 6.54. The Morgan fingerprint density at radius 2 is 2.15 bits per heavy atom. The zero-order chi connectivity index (χ0) is 13.9. The van der Waals surface area contributed by atoms with Crippen LogP contribution in [0.3, 0.4) is 0 Å². The van der Waals surface area contributed by atoms with Crippen molar-refractivity contribution >= 4 is 22.2 Å². The summed E-state index contributed by atoms with van der Waals surface area (Å²) in [6.45, 7) is 4.84. The van der Waals surface area contributed by atoms with E-state index < -0.39 is 0 Å². The number of nitrogens with zero attached hydrogens (tertiary/aromatic N) is 1. The Kier molecular flexibility index (Phi) is 3.85. The lowest BCUT2D eigenvalue weighted by atomic mass is 10.2. The van der Waals surface area contributed by atoms with Crippen LogP contribution in [0.1, 0.15) is 10.4 Å². The van der Waals surface area contributed by atoms with Gasteiger partial charge in [-0.25, -0.2) is 4.39 Å². The Labute approximate surface area is 121 Å². The highest BCUT2D eigenvalue weighted by molar-refractivity contribution is 7.10. The van der Waals surface area contributed by atoms with Crippen molar-refractivity contribution in [2.45, 2.75) is 20.0 Å². The fourth-order valence-corrected chi connectivity index (χ4v) is 3.23. The Morgan fingerprint density at radius 3 is 2.95 bits per heavy atom. The second kappa shape index (κ2) is 5.77. The molecule has 3 aromatic rings. The lowest BCUT2D eigenvalue weighted by Gasteiger charge is -2.07. The first kappa shape index (κ1) is 13.3. The van der Waals surface area contributed by atoms with E-state index in [0.29, 0.717) is 0 Å². The maximum atomic E-state index is 13.1. The van der Waals surface area contributed by atoms with Crippen LogP contribution in [-0.2, 0) is 13.1 Å². The third-order valence-electron chi connectivity index (χ3n) is 3.52. The van der Waals surface area contributed by atoms with Gasteiger partial charge >= 0.3 is 0 Å². The number of hydrogen-bond acceptors (Lipinski definition) is 2. The van der Waals surface area contributed by atoms with Gasteiger partial charge in [0.05, 0.1) is 0 Å². The first-order chi connectivity index (χ1) is 9.74. The standard InChI is InChI=1S/C16H17FN2S/c1-12-5-9-20-16(12)11-18-6-8-19-7-4-13-10-14(17)2-3-15(13)19/h2-5,7,9-10,18H,6,8,11H2,1H3. The minimum atomic E-state index is -0.179. The van der Waals surface area contributed by atoms with Crippen LogP contribution in [0, 0.1) is 12.7 Å². The summed E-state index contributed by atoms with van der Waals surface area (Å²) in [5.74, 6) is -0.179. The first-order valence-electron chi connectivity index (χ1n) is 6.72. The summed E-state index contributed by atoms with van der Waals surface area (Å²) in [4.78, 5) is 1.39. The fourth-order valence-electron chi connectivity index (χ4n) is 2.35. The van der Waals surface area contributed by atoms with Gasteiger partial charge in [-0.2, -0.15) is 0 Å². The van der Waals surface area contributed by atoms with Gasteiger partial charge in [0.2, 0.25) is 0 Å². The molecule has 0 radical (unpaired) electrons. The Hall–Kier alpha value is -1.65. The van der Waals surface area contributed by atoms with Crippen LogP contribution < -0.4 is 5.32 Å². The van der Waals surface area contributed by atoms with Crippen molar-refractivity contribution in [1.82, 2.24) is 9.88 Å². The smallest absolute Gasteiger partial charge is 0.123 e. The number of fused-ring (bicyclic) bond motifs is 1. The lowest BCUT2D eigenvalue weighted by Crippen LogP contribution is -2.19. The molecule has 0 aliphatic carbocycles. The fraction of sp³-hybridized carbons (Fsp3) is 0.250. The summed E-state index contributed by atoms with van der Waals surface area (Å²) in [5.41, 5.74) is 2.44. The topological polar surface area (TPSA) is 17.0 Å². The van der Waals surface area contributed by atoms with Gasteiger partial charge in [0.15, 0.2) is 0 Å². The van der Waals surface area contributed by atoms with E-state index in [9.17, 15) is 4.39 Å². The first-order valence-corrected chi connectivity index (χ1v) is 7.60. The van der Waals surface area contributed by atoms with Gasteiger partial charge in [-0.3, -0.25) is 0 Å². The Morgan fingerprint density at radius 1 is 1.25 bits per heavy atom. The van der Waals surface area contributed by atoms with E-state index in [1.54, 1.807) is 17.4 Å². The Balaban J connectivity index is 1.59. The second-order valence-electron chi connectivity index (χ2n) is 4.92. The van der Waals surface area contributed by atoms with Gasteiger partial charge in [-0.15, -0.1) is 11.3 Å². The molecule has 0 amide bonds. The second-order valence-corrected chi connectivity index (χ2v) is 5.92. The third kappa shape index (κ3) is 2.76. The predicted octanol–water partition coefficient (Wildman–Crippen LogP) is 3.94. The quantitative estimate of drug-likeness (QED) is 0.704. The molecule has 0 aliphatic rings. The van der Waals surface area contributed by atoms with E-state index >= 15 is 0 Å². The van der Waals surface area contributed by atoms with Crippen molar-refractivity contribution in [1.29, 1.82) is 0 Å². The molecule has 1 N–H and O–H groups in total. The van der Waals surface area contributed by atoms with Gasteiger partial charge in [0.25, 0.3) is 0 Å². The SMILES string of the molecule is Cc1ccsc1CNCCn1ccc2cc(F)ccc21. The summed E-state index contributed by atoms with van der Waals surface area (Å²) in [7, 11) is 0. The van der Waals surface area contributed by atoms with Crippen molar-refractivity contribution in [3.8, 4) is 0 Å². The molecule has 104 valence electrons. The number of aryl methyl sites for hydroxylation is 1. The predicted molar refractivity (Wildman–Crippen MR) is 82.7 cm³/mol. The van der Waals surface area contributed by atoms with Gasteiger partial charge in [0.1, 0.15) is 5.82 Å². The summed E-state index contributed by atoms with van der Waals surface area (Å²) in [6, 6.07) is 9.04. The van der Waals surface area contributed by atoms with E-state index in [-0.39, 0.29) is 5.82 Å². The lowest BCUT2D eigenvalue weighted by molar-refractivity contribution is 0.611. The maximum absolute atomic E-state index is 13.1. The molecule has 20 heavy (non-hydrogen) atoms. The minimum Gasteiger partial charge on any atom is -0.346 e. The minimum absolute atomic E-state index is 0.179. The molecule has 1 aromatic carbocycles. The number of hydrogen-bond donors (Lipinski definition) is 1. The Bertz CT molecular complexity index is 714. The van der Waals surface area contributed by atoms with Gasteiger partial charge in [0, 0.05) is 41.6 Å². The van der Waals surface area contributed by atoms with E-state index in [1.807, 2.05) is 18.3 Å². The van der Waals surface area contributed by atoms with Gasteiger partial charge in [-0.1, -0.05) is 0 Å². The number of benzene rings is 1. The third-order valence-corrected chi connectivity index (χ3v) is 4.54. The summed E-state index contributed by atoms with van der Waals surface area (Å²) >= 11 is 1.79. The average Bonchev–Trinajstić information content (AvgIpc) is 3.01. The molecular formula is C16H17FN2S. The van der Waals surface area contributed by atoms with E-state index in [4.69, 9.17) is 0 Å². The van der Waals surface area contributed by atoms with E-state index in [1.165, 1.54) is 16.5 Å². The zero-order valence-electron chi connectivity index (χ0n) is 11.4. The number of aromatic nitrogens is 1. The van der Waals surface area contributed by atoms with Crippen LogP contribution in [0.2, 0.25) is 0 Å². The molecule has 0 atom stereocenters. The number of nitrogens with one attached hydrogen (secondary N) is 1. The van der Waals surface area contributed by atoms with Crippen molar-refractivity contribution in [3.05, 3.63) is 58.2 Å². The number of rotatable bonds is 5. The molecule has 0 saturated carbocycles. The molecule has 2 heterocycles. The molecule has 2 aromatic heterocycles. The monoisotopic (exact) mass is 288 g/mol. The highest BCUT2D eigenvalue weighted by Gasteiger charge is 2.02. The molecule has 2 nitrogen and oxygen atoms in total. The van der Waals surface area contributed by atoms with Crippen molar-refractivity contribution in [2.24, 2.45) is 0 Å². The molecule has 0 bridgehead atoms. The van der Waals surface area contributed by atoms with Crippen LogP contribution in [0.4, 0.5) is 4.39 Å². The summed E-state index contributed by atoms with van der Waals surface area (Å²) in [6.07, 6.45) is 2.02. The molecule has 0 saturated heterocycles. The number of halogens is 1. The van der Waals surface area contributed by atoms with Crippen molar-refractivity contribution < 1.29 is 4.39 Å². The van der Waals surface area contributed by atoms with Crippen LogP contribution in [0.5, 0.6) is 0 Å². The van der Waals surface area contributed by atoms with Crippen LogP contribution in [0.15, 0.2) is 41.9 Å². The van der Waals surface area contributed by atoms with Gasteiger partial charge in [-0.05, 0) is 48.2 Å². The van der Waals surface area contributed by atoms with Crippen LogP contribution in [-0.4, -0.2) is 11.1 Å².